The fourth-order valence-electron chi connectivity index (χ4n) is 4.03. The van der Waals surface area contributed by atoms with Crippen LogP contribution in [-0.2, 0) is 11.2 Å². The van der Waals surface area contributed by atoms with Crippen LogP contribution in [0, 0.1) is 13.8 Å². The Balaban J connectivity index is 1.36. The van der Waals surface area contributed by atoms with E-state index in [1.807, 2.05) is 11.8 Å². The Morgan fingerprint density at radius 1 is 1.26 bits per heavy atom. The molecular weight excluding hydrogens is 286 g/mol. The van der Waals surface area contributed by atoms with Crippen molar-refractivity contribution in [2.75, 3.05) is 13.1 Å². The normalized spacial score (nSPS) is 20.4. The number of hydrogen-bond donors (Lipinski definition) is 0. The molecule has 120 valence electrons. The number of aromatic nitrogens is 2. The van der Waals surface area contributed by atoms with Gasteiger partial charge in [-0.1, -0.05) is 24.3 Å². The number of aryl methyl sites for hydroxylation is 3. The summed E-state index contributed by atoms with van der Waals surface area (Å²) >= 11 is 0. The minimum atomic E-state index is 0.296. The quantitative estimate of drug-likeness (QED) is 0.874. The van der Waals surface area contributed by atoms with E-state index in [1.54, 1.807) is 0 Å². The first-order valence-electron chi connectivity index (χ1n) is 8.50. The van der Waals surface area contributed by atoms with E-state index in [0.717, 1.165) is 31.6 Å². The fourth-order valence-corrected chi connectivity index (χ4v) is 4.03. The number of likely N-dealkylation sites (tertiary alicyclic amines) is 1. The van der Waals surface area contributed by atoms with Crippen LogP contribution in [0.25, 0.3) is 0 Å². The molecule has 1 amide bonds. The molecule has 2 heterocycles. The van der Waals surface area contributed by atoms with Crippen LogP contribution < -0.4 is 0 Å². The van der Waals surface area contributed by atoms with Crippen LogP contribution in [-0.4, -0.2) is 33.7 Å². The number of amides is 1. The van der Waals surface area contributed by atoms with Crippen molar-refractivity contribution in [3.63, 3.8) is 0 Å². The van der Waals surface area contributed by atoms with Crippen molar-refractivity contribution < 1.29 is 4.79 Å². The molecule has 2 aromatic rings. The summed E-state index contributed by atoms with van der Waals surface area (Å²) in [6.07, 6.45) is 2.88. The van der Waals surface area contributed by atoms with Crippen molar-refractivity contribution >= 4 is 5.91 Å². The Bertz CT molecular complexity index is 743. The van der Waals surface area contributed by atoms with Crippen LogP contribution in [0.3, 0.4) is 0 Å². The molecule has 1 atom stereocenters. The van der Waals surface area contributed by atoms with Gasteiger partial charge in [-0.3, -0.25) is 9.48 Å². The molecule has 4 heteroatoms. The highest BCUT2D eigenvalue weighted by Gasteiger charge is 2.35. The summed E-state index contributed by atoms with van der Waals surface area (Å²) in [7, 11) is 0. The highest BCUT2D eigenvalue weighted by Crippen LogP contribution is 2.36. The van der Waals surface area contributed by atoms with E-state index in [2.05, 4.69) is 47.0 Å². The molecule has 0 spiro atoms. The second kappa shape index (κ2) is 5.52. The van der Waals surface area contributed by atoms with E-state index >= 15 is 0 Å². The van der Waals surface area contributed by atoms with Gasteiger partial charge in [0, 0.05) is 25.2 Å². The lowest BCUT2D eigenvalue weighted by atomic mass is 9.96. The molecule has 2 aliphatic rings. The van der Waals surface area contributed by atoms with Crippen LogP contribution in [0.4, 0.5) is 0 Å². The first-order chi connectivity index (χ1) is 11.1. The predicted octanol–water partition coefficient (Wildman–Crippen LogP) is 3.00. The van der Waals surface area contributed by atoms with Gasteiger partial charge in [-0.05, 0) is 49.8 Å². The van der Waals surface area contributed by atoms with Gasteiger partial charge in [-0.2, -0.15) is 5.10 Å². The minimum Gasteiger partial charge on any atom is -0.338 e. The van der Waals surface area contributed by atoms with Crippen molar-refractivity contribution in [3.8, 4) is 0 Å². The van der Waals surface area contributed by atoms with Gasteiger partial charge in [-0.25, -0.2) is 0 Å². The summed E-state index contributed by atoms with van der Waals surface area (Å²) < 4.78 is 2.07. The highest BCUT2D eigenvalue weighted by molar-refractivity contribution is 5.78. The topological polar surface area (TPSA) is 38.1 Å². The molecule has 23 heavy (non-hydrogen) atoms. The van der Waals surface area contributed by atoms with E-state index in [0.29, 0.717) is 24.3 Å². The zero-order chi connectivity index (χ0) is 16.0. The van der Waals surface area contributed by atoms with Crippen LogP contribution in [0.15, 0.2) is 30.3 Å². The first-order valence-corrected chi connectivity index (χ1v) is 8.50. The highest BCUT2D eigenvalue weighted by atomic mass is 16.2. The average Bonchev–Trinajstić information content (AvgIpc) is 3.02. The van der Waals surface area contributed by atoms with Crippen LogP contribution in [0.5, 0.6) is 0 Å². The van der Waals surface area contributed by atoms with Crippen LogP contribution >= 0.6 is 0 Å². The van der Waals surface area contributed by atoms with Gasteiger partial charge >= 0.3 is 0 Å². The molecule has 1 aromatic heterocycles. The second-order valence-electron chi connectivity index (χ2n) is 6.96. The summed E-state index contributed by atoms with van der Waals surface area (Å²) in [5.41, 5.74) is 5.05. The Morgan fingerprint density at radius 3 is 2.78 bits per heavy atom. The van der Waals surface area contributed by atoms with Gasteiger partial charge in [0.1, 0.15) is 0 Å². The molecule has 4 rings (SSSR count). The molecule has 4 nitrogen and oxygen atoms in total. The number of nitrogens with zero attached hydrogens (tertiary/aromatic N) is 3. The first kappa shape index (κ1) is 14.5. The van der Waals surface area contributed by atoms with Gasteiger partial charge in [0.2, 0.25) is 5.91 Å². The van der Waals surface area contributed by atoms with Crippen molar-refractivity contribution in [1.29, 1.82) is 0 Å². The largest absolute Gasteiger partial charge is 0.338 e. The Morgan fingerprint density at radius 2 is 2.04 bits per heavy atom. The van der Waals surface area contributed by atoms with E-state index < -0.39 is 0 Å². The maximum absolute atomic E-state index is 12.6. The monoisotopic (exact) mass is 309 g/mol. The third kappa shape index (κ3) is 2.56. The smallest absolute Gasteiger partial charge is 0.223 e. The fraction of sp³-hybridized carbons (Fsp3) is 0.474. The Kier molecular flexibility index (Phi) is 3.47. The Labute approximate surface area is 137 Å². The number of hydrogen-bond acceptors (Lipinski definition) is 2. The number of fused-ring (bicyclic) bond motifs is 1. The standard InChI is InChI=1S/C19H23N3O/c1-13-9-14(2)22(20-13)17-11-21(12-17)19(23)10-16-8-7-15-5-3-4-6-18(15)16/h3-6,9,16-17H,7-8,10-12H2,1-2H3. The molecule has 1 aromatic carbocycles. The van der Waals surface area contributed by atoms with E-state index in [1.165, 1.54) is 16.8 Å². The summed E-state index contributed by atoms with van der Waals surface area (Å²) in [6, 6.07) is 11.0. The van der Waals surface area contributed by atoms with Crippen LogP contribution in [0.2, 0.25) is 0 Å². The van der Waals surface area contributed by atoms with E-state index in [9.17, 15) is 4.79 Å². The van der Waals surface area contributed by atoms with Crippen molar-refractivity contribution in [3.05, 3.63) is 52.8 Å². The van der Waals surface area contributed by atoms with Crippen molar-refractivity contribution in [2.45, 2.75) is 45.1 Å². The van der Waals surface area contributed by atoms with Crippen molar-refractivity contribution in [2.24, 2.45) is 0 Å². The summed E-state index contributed by atoms with van der Waals surface area (Å²) in [6.45, 7) is 5.70. The lowest BCUT2D eigenvalue weighted by molar-refractivity contribution is -0.137. The maximum atomic E-state index is 12.6. The molecule has 1 aliphatic heterocycles. The molecular formula is C19H23N3O. The van der Waals surface area contributed by atoms with Gasteiger partial charge in [-0.15, -0.1) is 0 Å². The molecule has 1 unspecified atom stereocenters. The third-order valence-electron chi connectivity index (χ3n) is 5.28. The number of rotatable bonds is 3. The number of carbonyl (C=O) groups excluding carboxylic acids is 1. The summed E-state index contributed by atoms with van der Waals surface area (Å²) in [4.78, 5) is 14.5. The SMILES string of the molecule is Cc1cc(C)n(C2CN(C(=O)CC3CCc4ccccc43)C2)n1. The van der Waals surface area contributed by atoms with Gasteiger partial charge in [0.05, 0.1) is 11.7 Å². The third-order valence-corrected chi connectivity index (χ3v) is 5.28. The molecule has 1 aliphatic carbocycles. The van der Waals surface area contributed by atoms with E-state index in [-0.39, 0.29) is 0 Å². The minimum absolute atomic E-state index is 0.296. The second-order valence-corrected chi connectivity index (χ2v) is 6.96. The van der Waals surface area contributed by atoms with Crippen molar-refractivity contribution in [1.82, 2.24) is 14.7 Å². The lowest BCUT2D eigenvalue weighted by Gasteiger charge is -2.40. The zero-order valence-electron chi connectivity index (χ0n) is 13.8. The number of carbonyl (C=O) groups is 1. The predicted molar refractivity (Wildman–Crippen MR) is 89.4 cm³/mol. The molecule has 0 bridgehead atoms. The zero-order valence-corrected chi connectivity index (χ0v) is 13.8. The average molecular weight is 309 g/mol. The molecule has 1 fully saturated rings. The van der Waals surface area contributed by atoms with Gasteiger partial charge in [0.25, 0.3) is 0 Å². The summed E-state index contributed by atoms with van der Waals surface area (Å²) in [5, 5.41) is 4.54. The Hall–Kier alpha value is -2.10. The van der Waals surface area contributed by atoms with Crippen LogP contribution in [0.1, 0.15) is 47.3 Å². The van der Waals surface area contributed by atoms with Gasteiger partial charge < -0.3 is 4.90 Å². The van der Waals surface area contributed by atoms with E-state index in [4.69, 9.17) is 0 Å². The molecule has 0 radical (unpaired) electrons. The number of benzene rings is 1. The summed E-state index contributed by atoms with van der Waals surface area (Å²) in [5.74, 6) is 0.705. The molecule has 1 saturated heterocycles. The maximum Gasteiger partial charge on any atom is 0.223 e. The molecule has 0 saturated carbocycles. The van der Waals surface area contributed by atoms with Gasteiger partial charge in [0.15, 0.2) is 0 Å². The lowest BCUT2D eigenvalue weighted by Crippen LogP contribution is -2.51. The molecule has 0 N–H and O–H groups in total.